The number of hydrogen-bond acceptors (Lipinski definition) is 5. The van der Waals surface area contributed by atoms with E-state index in [1.165, 1.54) is 32.0 Å². The molecule has 0 heterocycles. The molecule has 0 aromatic heterocycles. The minimum atomic E-state index is -1.21. The number of hydrogen-bond donors (Lipinski definition) is 4. The van der Waals surface area contributed by atoms with Crippen LogP contribution in [-0.2, 0) is 0 Å². The van der Waals surface area contributed by atoms with Gasteiger partial charge in [-0.3, -0.25) is 0 Å². The molecule has 0 fully saturated rings. The van der Waals surface area contributed by atoms with Crippen LogP contribution in [0.15, 0.2) is 119 Å². The van der Waals surface area contributed by atoms with Crippen molar-refractivity contribution in [1.82, 2.24) is 0 Å². The van der Waals surface area contributed by atoms with Gasteiger partial charge >= 0.3 is 0 Å². The standard InChI is InChI=1S/C24H18S.C4H11NO3.H2S/c1-3-9-19(10-4-1)23-13-7-8-14-24(23)20-15-17-22(18-16-20)25-21-11-5-2-6-12-21;5-4(1-6,2-7)3-8;/h1-18H;6-8H,1-3,5H2;1H2. The predicted octanol–water partition coefficient (Wildman–Crippen LogP) is 4.95. The lowest BCUT2D eigenvalue weighted by molar-refractivity contribution is 0.0698. The van der Waals surface area contributed by atoms with Crippen LogP contribution in [0.4, 0.5) is 0 Å². The highest BCUT2D eigenvalue weighted by Crippen LogP contribution is 2.34. The molecule has 0 aliphatic heterocycles. The first-order valence-electron chi connectivity index (χ1n) is 10.7. The third-order valence-electron chi connectivity index (χ3n) is 5.10. The molecule has 34 heavy (non-hydrogen) atoms. The number of nitrogens with two attached hydrogens (primary N) is 1. The highest BCUT2D eigenvalue weighted by molar-refractivity contribution is 7.99. The lowest BCUT2D eigenvalue weighted by Crippen LogP contribution is -2.50. The first-order valence-corrected chi connectivity index (χ1v) is 11.5. The van der Waals surface area contributed by atoms with Crippen molar-refractivity contribution >= 4 is 25.3 Å². The predicted molar refractivity (Wildman–Crippen MR) is 146 cm³/mol. The van der Waals surface area contributed by atoms with Crippen LogP contribution in [0.25, 0.3) is 22.3 Å². The number of rotatable bonds is 7. The van der Waals surface area contributed by atoms with Crippen molar-refractivity contribution in [3.05, 3.63) is 109 Å². The van der Waals surface area contributed by atoms with Gasteiger partial charge in [-0.15, -0.1) is 0 Å². The van der Waals surface area contributed by atoms with Crippen LogP contribution in [0.5, 0.6) is 0 Å². The summed E-state index contributed by atoms with van der Waals surface area (Å²) in [5.74, 6) is 0. The molecule has 178 valence electrons. The SMILES string of the molecule is NC(CO)(CO)CO.S.c1ccc(Sc2ccc(-c3ccccc3-c3ccccc3)cc2)cc1. The van der Waals surface area contributed by atoms with Crippen LogP contribution in [0, 0.1) is 0 Å². The van der Waals surface area contributed by atoms with Crippen molar-refractivity contribution < 1.29 is 15.3 Å². The fourth-order valence-electron chi connectivity index (χ4n) is 3.08. The Morgan fingerprint density at radius 1 is 0.529 bits per heavy atom. The second kappa shape index (κ2) is 14.0. The van der Waals surface area contributed by atoms with Gasteiger partial charge in [-0.2, -0.15) is 13.5 Å². The van der Waals surface area contributed by atoms with Gasteiger partial charge in [0.15, 0.2) is 0 Å². The highest BCUT2D eigenvalue weighted by Gasteiger charge is 2.20. The van der Waals surface area contributed by atoms with E-state index in [0.29, 0.717) is 0 Å². The van der Waals surface area contributed by atoms with Crippen LogP contribution in [0.3, 0.4) is 0 Å². The summed E-state index contributed by atoms with van der Waals surface area (Å²) in [6.07, 6.45) is 0. The fourth-order valence-corrected chi connectivity index (χ4v) is 3.92. The van der Waals surface area contributed by atoms with E-state index in [9.17, 15) is 0 Å². The van der Waals surface area contributed by atoms with Crippen molar-refractivity contribution in [2.45, 2.75) is 15.3 Å². The van der Waals surface area contributed by atoms with Gasteiger partial charge in [0.25, 0.3) is 0 Å². The summed E-state index contributed by atoms with van der Waals surface area (Å²) in [4.78, 5) is 2.52. The summed E-state index contributed by atoms with van der Waals surface area (Å²) in [6, 6.07) is 38.5. The van der Waals surface area contributed by atoms with Gasteiger partial charge in [-0.1, -0.05) is 96.7 Å². The van der Waals surface area contributed by atoms with Gasteiger partial charge in [0.1, 0.15) is 0 Å². The zero-order chi connectivity index (χ0) is 23.5. The zero-order valence-electron chi connectivity index (χ0n) is 18.8. The zero-order valence-corrected chi connectivity index (χ0v) is 20.7. The first kappa shape index (κ1) is 27.7. The summed E-state index contributed by atoms with van der Waals surface area (Å²) >= 11 is 1.79. The molecule has 4 rings (SSSR count). The third kappa shape index (κ3) is 7.74. The van der Waals surface area contributed by atoms with E-state index in [4.69, 9.17) is 21.1 Å². The van der Waals surface area contributed by atoms with Gasteiger partial charge in [-0.25, -0.2) is 0 Å². The molecule has 0 aliphatic carbocycles. The lowest BCUT2D eigenvalue weighted by atomic mass is 9.95. The minimum absolute atomic E-state index is 0. The summed E-state index contributed by atoms with van der Waals surface area (Å²) in [5, 5.41) is 25.0. The highest BCUT2D eigenvalue weighted by atomic mass is 32.2. The van der Waals surface area contributed by atoms with E-state index in [-0.39, 0.29) is 13.5 Å². The van der Waals surface area contributed by atoms with Crippen LogP contribution in [0.1, 0.15) is 0 Å². The molecule has 0 aliphatic rings. The topological polar surface area (TPSA) is 86.7 Å². The van der Waals surface area contributed by atoms with Gasteiger partial charge in [-0.05, 0) is 46.5 Å². The summed E-state index contributed by atoms with van der Waals surface area (Å²) in [6.45, 7) is -1.21. The van der Waals surface area contributed by atoms with Crippen LogP contribution >= 0.6 is 25.3 Å². The monoisotopic (exact) mass is 493 g/mol. The number of benzene rings is 4. The quantitative estimate of drug-likeness (QED) is 0.293. The summed E-state index contributed by atoms with van der Waals surface area (Å²) in [7, 11) is 0. The maximum absolute atomic E-state index is 8.34. The molecule has 4 nitrogen and oxygen atoms in total. The van der Waals surface area contributed by atoms with Crippen molar-refractivity contribution in [2.24, 2.45) is 5.73 Å². The largest absolute Gasteiger partial charge is 0.394 e. The molecule has 5 N–H and O–H groups in total. The molecule has 4 aromatic rings. The fraction of sp³-hybridized carbons (Fsp3) is 0.143. The van der Waals surface area contributed by atoms with E-state index in [1.807, 2.05) is 6.07 Å². The van der Waals surface area contributed by atoms with Crippen molar-refractivity contribution in [2.75, 3.05) is 19.8 Å². The second-order valence-corrected chi connectivity index (χ2v) is 8.83. The van der Waals surface area contributed by atoms with E-state index in [0.717, 1.165) is 0 Å². The molecule has 4 aromatic carbocycles. The van der Waals surface area contributed by atoms with Crippen molar-refractivity contribution in [1.29, 1.82) is 0 Å². The smallest absolute Gasteiger partial charge is 0.0856 e. The van der Waals surface area contributed by atoms with E-state index in [1.54, 1.807) is 11.8 Å². The molecular weight excluding hydrogens is 462 g/mol. The molecule has 0 radical (unpaired) electrons. The van der Waals surface area contributed by atoms with E-state index < -0.39 is 25.4 Å². The maximum atomic E-state index is 8.34. The van der Waals surface area contributed by atoms with E-state index in [2.05, 4.69) is 103 Å². The number of aliphatic hydroxyl groups is 3. The molecular formula is C28H31NO3S2. The van der Waals surface area contributed by atoms with Crippen molar-refractivity contribution in [3.8, 4) is 22.3 Å². The average molecular weight is 494 g/mol. The second-order valence-electron chi connectivity index (χ2n) is 7.69. The average Bonchev–Trinajstić information content (AvgIpc) is 2.90. The Kier molecular flexibility index (Phi) is 11.4. The third-order valence-corrected chi connectivity index (χ3v) is 6.12. The minimum Gasteiger partial charge on any atom is -0.394 e. The lowest BCUT2D eigenvalue weighted by Gasteiger charge is -2.20. The Morgan fingerprint density at radius 2 is 0.912 bits per heavy atom. The van der Waals surface area contributed by atoms with Gasteiger partial charge in [0.2, 0.25) is 0 Å². The number of aliphatic hydroxyl groups excluding tert-OH is 3. The van der Waals surface area contributed by atoms with Gasteiger partial charge in [0.05, 0.1) is 25.4 Å². The molecule has 0 bridgehead atoms. The molecule has 0 atom stereocenters. The van der Waals surface area contributed by atoms with Crippen molar-refractivity contribution in [3.63, 3.8) is 0 Å². The Hall–Kier alpha value is -2.58. The summed E-state index contributed by atoms with van der Waals surface area (Å²) in [5.41, 5.74) is 8.97. The normalized spacial score (nSPS) is 10.6. The van der Waals surface area contributed by atoms with Crippen LogP contribution in [-0.4, -0.2) is 40.7 Å². The Bertz CT molecular complexity index is 1100. The Morgan fingerprint density at radius 3 is 1.35 bits per heavy atom. The molecule has 0 amide bonds. The van der Waals surface area contributed by atoms with Crippen LogP contribution < -0.4 is 5.73 Å². The molecule has 0 saturated carbocycles. The molecule has 0 unspecified atom stereocenters. The summed E-state index contributed by atoms with van der Waals surface area (Å²) < 4.78 is 0. The maximum Gasteiger partial charge on any atom is 0.0856 e. The molecule has 0 spiro atoms. The molecule has 0 saturated heterocycles. The van der Waals surface area contributed by atoms with Gasteiger partial charge < -0.3 is 21.1 Å². The molecule has 6 heteroatoms. The van der Waals surface area contributed by atoms with E-state index >= 15 is 0 Å². The van der Waals surface area contributed by atoms with Gasteiger partial charge in [0, 0.05) is 9.79 Å². The Labute approximate surface area is 212 Å². The van der Waals surface area contributed by atoms with Crippen LogP contribution in [0.2, 0.25) is 0 Å². The first-order chi connectivity index (χ1) is 16.1. The Balaban J connectivity index is 0.000000394.